The molecule has 0 radical (unpaired) electrons. The Labute approximate surface area is 75.3 Å². The molecule has 1 aromatic carbocycles. The third-order valence-electron chi connectivity index (χ3n) is 2.21. The molecule has 2 atom stereocenters. The molecule has 1 nitrogen and oxygen atoms in total. The second kappa shape index (κ2) is 2.71. The number of hydrogen-bond donors (Lipinski definition) is 1. The van der Waals surface area contributed by atoms with Gasteiger partial charge in [-0.1, -0.05) is 17.7 Å². The minimum Gasteiger partial charge on any atom is -0.327 e. The van der Waals surface area contributed by atoms with E-state index in [1.54, 1.807) is 12.1 Å². The van der Waals surface area contributed by atoms with E-state index in [0.29, 0.717) is 5.92 Å². The van der Waals surface area contributed by atoms with Crippen molar-refractivity contribution in [2.24, 2.45) is 5.73 Å². The molecule has 0 bridgehead atoms. The molecule has 0 amide bonds. The van der Waals surface area contributed by atoms with Crippen LogP contribution in [0, 0.1) is 5.82 Å². The number of rotatable bonds is 1. The smallest absolute Gasteiger partial charge is 0.141 e. The zero-order valence-corrected chi connectivity index (χ0v) is 7.18. The minimum absolute atomic E-state index is 0.187. The van der Waals surface area contributed by atoms with E-state index >= 15 is 0 Å². The summed E-state index contributed by atoms with van der Waals surface area (Å²) in [5.41, 5.74) is 6.70. The maximum absolute atomic E-state index is 12.7. The first-order chi connectivity index (χ1) is 5.68. The zero-order chi connectivity index (χ0) is 8.72. The Bertz CT molecular complexity index is 313. The summed E-state index contributed by atoms with van der Waals surface area (Å²) in [5.74, 6) is 0.0257. The molecular weight excluding hydrogens is 177 g/mol. The van der Waals surface area contributed by atoms with Crippen molar-refractivity contribution >= 4 is 11.6 Å². The van der Waals surface area contributed by atoms with Gasteiger partial charge in [-0.15, -0.1) is 0 Å². The van der Waals surface area contributed by atoms with Crippen LogP contribution in [0.15, 0.2) is 18.2 Å². The molecule has 0 heterocycles. The van der Waals surface area contributed by atoms with Gasteiger partial charge >= 0.3 is 0 Å². The van der Waals surface area contributed by atoms with Crippen molar-refractivity contribution in [3.8, 4) is 0 Å². The van der Waals surface area contributed by atoms with Gasteiger partial charge in [0.15, 0.2) is 0 Å². The molecule has 0 aliphatic heterocycles. The molecular formula is C9H9ClFN. The van der Waals surface area contributed by atoms with Crippen molar-refractivity contribution in [1.29, 1.82) is 0 Å². The predicted molar refractivity (Wildman–Crippen MR) is 46.7 cm³/mol. The lowest BCUT2D eigenvalue weighted by atomic mass is 10.1. The number of benzene rings is 1. The summed E-state index contributed by atoms with van der Waals surface area (Å²) in [5, 5.41) is 0.187. The summed E-state index contributed by atoms with van der Waals surface area (Å²) in [6.07, 6.45) is 0.988. The second-order valence-corrected chi connectivity index (χ2v) is 3.59. The largest absolute Gasteiger partial charge is 0.327 e. The lowest BCUT2D eigenvalue weighted by Gasteiger charge is -1.99. The third kappa shape index (κ3) is 1.32. The fourth-order valence-corrected chi connectivity index (χ4v) is 1.53. The van der Waals surface area contributed by atoms with E-state index in [2.05, 4.69) is 0 Å². The van der Waals surface area contributed by atoms with Crippen LogP contribution in [0.1, 0.15) is 17.9 Å². The van der Waals surface area contributed by atoms with Crippen molar-refractivity contribution in [3.63, 3.8) is 0 Å². The molecule has 2 N–H and O–H groups in total. The molecule has 2 rings (SSSR count). The van der Waals surface area contributed by atoms with Gasteiger partial charge in [-0.05, 0) is 24.1 Å². The summed E-state index contributed by atoms with van der Waals surface area (Å²) in [6.45, 7) is 0. The molecule has 12 heavy (non-hydrogen) atoms. The lowest BCUT2D eigenvalue weighted by molar-refractivity contribution is 0.627. The lowest BCUT2D eigenvalue weighted by Crippen LogP contribution is -2.00. The standard InChI is InChI=1S/C9H9ClFN/c10-7-3-5(1-2-8(7)11)6-4-9(6)12/h1-3,6,9H,4,12H2. The van der Waals surface area contributed by atoms with Crippen LogP contribution in [0.5, 0.6) is 0 Å². The van der Waals surface area contributed by atoms with E-state index in [1.165, 1.54) is 6.07 Å². The van der Waals surface area contributed by atoms with Crippen molar-refractivity contribution < 1.29 is 4.39 Å². The molecule has 2 unspecified atom stereocenters. The molecule has 1 aromatic rings. The van der Waals surface area contributed by atoms with Gasteiger partial charge in [-0.25, -0.2) is 4.39 Å². The normalized spacial score (nSPS) is 27.2. The van der Waals surface area contributed by atoms with E-state index in [1.807, 2.05) is 0 Å². The Morgan fingerprint density at radius 1 is 1.50 bits per heavy atom. The maximum Gasteiger partial charge on any atom is 0.141 e. The Kier molecular flexibility index (Phi) is 1.81. The van der Waals surface area contributed by atoms with E-state index in [4.69, 9.17) is 17.3 Å². The fraction of sp³-hybridized carbons (Fsp3) is 0.333. The number of nitrogens with two attached hydrogens (primary N) is 1. The fourth-order valence-electron chi connectivity index (χ4n) is 1.34. The minimum atomic E-state index is -0.366. The number of hydrogen-bond acceptors (Lipinski definition) is 1. The first kappa shape index (κ1) is 8.02. The van der Waals surface area contributed by atoms with Gasteiger partial charge in [0.1, 0.15) is 5.82 Å². The van der Waals surface area contributed by atoms with Gasteiger partial charge in [-0.2, -0.15) is 0 Å². The predicted octanol–water partition coefficient (Wildman–Crippen LogP) is 2.29. The summed E-state index contributed by atoms with van der Waals surface area (Å²) in [6, 6.07) is 5.04. The highest BCUT2D eigenvalue weighted by atomic mass is 35.5. The second-order valence-electron chi connectivity index (χ2n) is 3.18. The summed E-state index contributed by atoms with van der Waals surface area (Å²) in [7, 11) is 0. The molecule has 1 fully saturated rings. The topological polar surface area (TPSA) is 26.0 Å². The first-order valence-electron chi connectivity index (χ1n) is 3.89. The van der Waals surface area contributed by atoms with Gasteiger partial charge in [0.2, 0.25) is 0 Å². The van der Waals surface area contributed by atoms with Crippen LogP contribution >= 0.6 is 11.6 Å². The van der Waals surface area contributed by atoms with Crippen molar-refractivity contribution in [2.75, 3.05) is 0 Å². The van der Waals surface area contributed by atoms with Crippen molar-refractivity contribution in [2.45, 2.75) is 18.4 Å². The van der Waals surface area contributed by atoms with Crippen LogP contribution in [-0.2, 0) is 0 Å². The third-order valence-corrected chi connectivity index (χ3v) is 2.50. The highest BCUT2D eigenvalue weighted by Crippen LogP contribution is 2.39. The maximum atomic E-state index is 12.7. The first-order valence-corrected chi connectivity index (χ1v) is 4.27. The van der Waals surface area contributed by atoms with E-state index < -0.39 is 0 Å². The molecule has 1 aliphatic carbocycles. The molecule has 0 aromatic heterocycles. The summed E-state index contributed by atoms with van der Waals surface area (Å²) < 4.78 is 12.7. The van der Waals surface area contributed by atoms with E-state index in [-0.39, 0.29) is 16.9 Å². The molecule has 1 saturated carbocycles. The quantitative estimate of drug-likeness (QED) is 0.714. The molecule has 0 spiro atoms. The average Bonchev–Trinajstić information content (AvgIpc) is 2.73. The van der Waals surface area contributed by atoms with E-state index in [0.717, 1.165) is 12.0 Å². The van der Waals surface area contributed by atoms with Gasteiger partial charge in [0.05, 0.1) is 5.02 Å². The zero-order valence-electron chi connectivity index (χ0n) is 6.43. The Balaban J connectivity index is 2.29. The van der Waals surface area contributed by atoms with Crippen LogP contribution in [0.3, 0.4) is 0 Å². The number of halogens is 2. The van der Waals surface area contributed by atoms with Crippen molar-refractivity contribution in [3.05, 3.63) is 34.6 Å². The van der Waals surface area contributed by atoms with Crippen LogP contribution in [0.4, 0.5) is 4.39 Å². The SMILES string of the molecule is NC1CC1c1ccc(F)c(Cl)c1. The van der Waals surface area contributed by atoms with Crippen molar-refractivity contribution in [1.82, 2.24) is 0 Å². The molecule has 0 saturated heterocycles. The Hall–Kier alpha value is -0.600. The molecule has 1 aliphatic rings. The van der Waals surface area contributed by atoms with Crippen LogP contribution in [0.2, 0.25) is 5.02 Å². The van der Waals surface area contributed by atoms with Gasteiger partial charge in [0, 0.05) is 12.0 Å². The summed E-state index contributed by atoms with van der Waals surface area (Å²) in [4.78, 5) is 0. The molecule has 64 valence electrons. The van der Waals surface area contributed by atoms with E-state index in [9.17, 15) is 4.39 Å². The monoisotopic (exact) mass is 185 g/mol. The summed E-state index contributed by atoms with van der Waals surface area (Å²) >= 11 is 5.62. The Morgan fingerprint density at radius 3 is 2.67 bits per heavy atom. The van der Waals surface area contributed by atoms with Crippen LogP contribution in [-0.4, -0.2) is 6.04 Å². The van der Waals surface area contributed by atoms with Gasteiger partial charge < -0.3 is 5.73 Å². The average molecular weight is 186 g/mol. The van der Waals surface area contributed by atoms with Crippen LogP contribution in [0.25, 0.3) is 0 Å². The highest BCUT2D eigenvalue weighted by molar-refractivity contribution is 6.30. The molecule has 3 heteroatoms. The Morgan fingerprint density at radius 2 is 2.17 bits per heavy atom. The highest BCUT2D eigenvalue weighted by Gasteiger charge is 2.34. The van der Waals surface area contributed by atoms with Gasteiger partial charge in [0.25, 0.3) is 0 Å². The van der Waals surface area contributed by atoms with Crippen LogP contribution < -0.4 is 5.73 Å². The van der Waals surface area contributed by atoms with Gasteiger partial charge in [-0.3, -0.25) is 0 Å².